The first-order valence-electron chi connectivity index (χ1n) is 8.14. The van der Waals surface area contributed by atoms with Crippen molar-refractivity contribution in [3.05, 3.63) is 35.4 Å². The van der Waals surface area contributed by atoms with E-state index in [0.29, 0.717) is 24.3 Å². The first-order chi connectivity index (χ1) is 10.1. The van der Waals surface area contributed by atoms with Crippen LogP contribution in [0.3, 0.4) is 0 Å². The highest BCUT2D eigenvalue weighted by Crippen LogP contribution is 2.29. The average molecular weight is 288 g/mol. The highest BCUT2D eigenvalue weighted by atomic mass is 16.2. The minimum absolute atomic E-state index is 0.306. The topological polar surface area (TPSA) is 32.3 Å². The lowest BCUT2D eigenvalue weighted by molar-refractivity contribution is -0.132. The summed E-state index contributed by atoms with van der Waals surface area (Å²) in [6, 6.07) is 9.21. The molecule has 1 N–H and O–H groups in total. The van der Waals surface area contributed by atoms with E-state index in [1.54, 1.807) is 0 Å². The Bertz CT molecular complexity index is 449. The van der Waals surface area contributed by atoms with Crippen molar-refractivity contribution in [3.63, 3.8) is 0 Å². The summed E-state index contributed by atoms with van der Waals surface area (Å²) in [6.45, 7) is 6.09. The van der Waals surface area contributed by atoms with E-state index in [1.165, 1.54) is 24.0 Å². The van der Waals surface area contributed by atoms with E-state index in [4.69, 9.17) is 0 Å². The molecule has 0 atom stereocenters. The molecular weight excluding hydrogens is 260 g/mol. The number of hydrogen-bond acceptors (Lipinski definition) is 2. The maximum atomic E-state index is 12.4. The Balaban J connectivity index is 1.94. The van der Waals surface area contributed by atoms with E-state index in [1.807, 2.05) is 7.05 Å². The van der Waals surface area contributed by atoms with Crippen molar-refractivity contribution in [2.24, 2.45) is 0 Å². The maximum Gasteiger partial charge on any atom is 0.223 e. The van der Waals surface area contributed by atoms with Gasteiger partial charge < -0.3 is 10.2 Å². The molecule has 0 saturated heterocycles. The second-order valence-corrected chi connectivity index (χ2v) is 6.36. The fourth-order valence-corrected chi connectivity index (χ4v) is 2.57. The van der Waals surface area contributed by atoms with Crippen molar-refractivity contribution in [2.45, 2.75) is 58.0 Å². The summed E-state index contributed by atoms with van der Waals surface area (Å²) < 4.78 is 0. The standard InChI is InChI=1S/C18H28N2O/c1-14(2)16-8-6-15(7-9-16)13-20(17-10-11-17)18(21)5-4-12-19-3/h6-9,14,17,19H,4-5,10-13H2,1-3H3. The molecule has 1 aromatic carbocycles. The minimum atomic E-state index is 0.306. The van der Waals surface area contributed by atoms with Crippen LogP contribution in [0.2, 0.25) is 0 Å². The van der Waals surface area contributed by atoms with Crippen molar-refractivity contribution in [2.75, 3.05) is 13.6 Å². The van der Waals surface area contributed by atoms with Crippen LogP contribution in [0.25, 0.3) is 0 Å². The predicted octanol–water partition coefficient (Wildman–Crippen LogP) is 3.30. The number of benzene rings is 1. The van der Waals surface area contributed by atoms with Gasteiger partial charge in [-0.15, -0.1) is 0 Å². The van der Waals surface area contributed by atoms with E-state index in [-0.39, 0.29) is 0 Å². The fraction of sp³-hybridized carbons (Fsp3) is 0.611. The van der Waals surface area contributed by atoms with Gasteiger partial charge in [0, 0.05) is 19.0 Å². The Morgan fingerprint density at radius 3 is 2.48 bits per heavy atom. The van der Waals surface area contributed by atoms with Crippen molar-refractivity contribution in [1.82, 2.24) is 10.2 Å². The lowest BCUT2D eigenvalue weighted by Gasteiger charge is -2.23. The van der Waals surface area contributed by atoms with E-state index in [9.17, 15) is 4.79 Å². The molecule has 3 nitrogen and oxygen atoms in total. The summed E-state index contributed by atoms with van der Waals surface area (Å²) >= 11 is 0. The summed E-state index contributed by atoms with van der Waals surface area (Å²) in [5, 5.41) is 3.10. The zero-order valence-electron chi connectivity index (χ0n) is 13.6. The Hall–Kier alpha value is -1.35. The van der Waals surface area contributed by atoms with Crippen molar-refractivity contribution >= 4 is 5.91 Å². The van der Waals surface area contributed by atoms with Gasteiger partial charge in [0.2, 0.25) is 5.91 Å². The minimum Gasteiger partial charge on any atom is -0.335 e. The molecule has 1 fully saturated rings. The first kappa shape index (κ1) is 16.0. The monoisotopic (exact) mass is 288 g/mol. The molecule has 0 radical (unpaired) electrons. The Kier molecular flexibility index (Phi) is 5.80. The third-order valence-corrected chi connectivity index (χ3v) is 4.12. The molecule has 0 unspecified atom stereocenters. The molecule has 21 heavy (non-hydrogen) atoms. The summed E-state index contributed by atoms with van der Waals surface area (Å²) in [6.07, 6.45) is 3.91. The van der Waals surface area contributed by atoms with Gasteiger partial charge in [-0.05, 0) is 49.9 Å². The van der Waals surface area contributed by atoms with Crippen LogP contribution >= 0.6 is 0 Å². The van der Waals surface area contributed by atoms with Crippen LogP contribution in [-0.2, 0) is 11.3 Å². The molecule has 0 aromatic heterocycles. The molecule has 116 valence electrons. The summed E-state index contributed by atoms with van der Waals surface area (Å²) in [5.41, 5.74) is 2.60. The summed E-state index contributed by atoms with van der Waals surface area (Å²) in [7, 11) is 1.93. The average Bonchev–Trinajstić information content (AvgIpc) is 3.30. The number of carbonyl (C=O) groups excluding carboxylic acids is 1. The number of nitrogens with one attached hydrogen (secondary N) is 1. The molecular formula is C18H28N2O. The van der Waals surface area contributed by atoms with Crippen LogP contribution in [-0.4, -0.2) is 30.4 Å². The third kappa shape index (κ3) is 4.85. The Morgan fingerprint density at radius 1 is 1.29 bits per heavy atom. The molecule has 1 saturated carbocycles. The van der Waals surface area contributed by atoms with Crippen LogP contribution in [0, 0.1) is 0 Å². The molecule has 1 amide bonds. The molecule has 0 spiro atoms. The van der Waals surface area contributed by atoms with Crippen LogP contribution in [0.1, 0.15) is 56.6 Å². The second kappa shape index (κ2) is 7.60. The normalized spacial score (nSPS) is 14.5. The van der Waals surface area contributed by atoms with Gasteiger partial charge in [0.25, 0.3) is 0 Å². The van der Waals surface area contributed by atoms with Crippen LogP contribution < -0.4 is 5.32 Å². The molecule has 0 aliphatic heterocycles. The molecule has 3 heteroatoms. The van der Waals surface area contributed by atoms with Gasteiger partial charge in [0.05, 0.1) is 0 Å². The van der Waals surface area contributed by atoms with Crippen LogP contribution in [0.15, 0.2) is 24.3 Å². The Morgan fingerprint density at radius 2 is 1.95 bits per heavy atom. The number of nitrogens with zero attached hydrogens (tertiary/aromatic N) is 1. The van der Waals surface area contributed by atoms with E-state index < -0.39 is 0 Å². The van der Waals surface area contributed by atoms with Crippen molar-refractivity contribution in [3.8, 4) is 0 Å². The van der Waals surface area contributed by atoms with E-state index in [0.717, 1.165) is 19.5 Å². The quantitative estimate of drug-likeness (QED) is 0.744. The second-order valence-electron chi connectivity index (χ2n) is 6.36. The highest BCUT2D eigenvalue weighted by molar-refractivity contribution is 5.76. The van der Waals surface area contributed by atoms with E-state index >= 15 is 0 Å². The van der Waals surface area contributed by atoms with E-state index in [2.05, 4.69) is 48.3 Å². The van der Waals surface area contributed by atoms with Gasteiger partial charge >= 0.3 is 0 Å². The van der Waals surface area contributed by atoms with Crippen molar-refractivity contribution < 1.29 is 4.79 Å². The summed E-state index contributed by atoms with van der Waals surface area (Å²) in [5.74, 6) is 0.863. The van der Waals surface area contributed by atoms with Gasteiger partial charge in [-0.2, -0.15) is 0 Å². The molecule has 2 rings (SSSR count). The number of amides is 1. The van der Waals surface area contributed by atoms with Crippen molar-refractivity contribution in [1.29, 1.82) is 0 Å². The number of carbonyl (C=O) groups is 1. The van der Waals surface area contributed by atoms with Gasteiger partial charge in [-0.3, -0.25) is 4.79 Å². The first-order valence-corrected chi connectivity index (χ1v) is 8.14. The van der Waals surface area contributed by atoms with Gasteiger partial charge in [0.15, 0.2) is 0 Å². The predicted molar refractivity (Wildman–Crippen MR) is 87.3 cm³/mol. The zero-order chi connectivity index (χ0) is 15.2. The largest absolute Gasteiger partial charge is 0.335 e. The van der Waals surface area contributed by atoms with Gasteiger partial charge in [-0.25, -0.2) is 0 Å². The van der Waals surface area contributed by atoms with Gasteiger partial charge in [0.1, 0.15) is 0 Å². The molecule has 1 aliphatic rings. The molecule has 0 bridgehead atoms. The van der Waals surface area contributed by atoms with Gasteiger partial charge in [-0.1, -0.05) is 38.1 Å². The lowest BCUT2D eigenvalue weighted by Crippen LogP contribution is -2.32. The molecule has 1 aliphatic carbocycles. The number of hydrogen-bond donors (Lipinski definition) is 1. The highest BCUT2D eigenvalue weighted by Gasteiger charge is 2.32. The zero-order valence-corrected chi connectivity index (χ0v) is 13.6. The molecule has 1 aromatic rings. The Labute approximate surface area is 128 Å². The SMILES string of the molecule is CNCCCC(=O)N(Cc1ccc(C(C)C)cc1)C1CC1. The van der Waals surface area contributed by atoms with Crippen LogP contribution in [0.4, 0.5) is 0 Å². The maximum absolute atomic E-state index is 12.4. The number of rotatable bonds is 8. The fourth-order valence-electron chi connectivity index (χ4n) is 2.57. The smallest absolute Gasteiger partial charge is 0.223 e. The summed E-state index contributed by atoms with van der Waals surface area (Å²) in [4.78, 5) is 14.5. The third-order valence-electron chi connectivity index (χ3n) is 4.12. The molecule has 0 heterocycles. The lowest BCUT2D eigenvalue weighted by atomic mass is 10.0. The van der Waals surface area contributed by atoms with Crippen LogP contribution in [0.5, 0.6) is 0 Å².